The summed E-state index contributed by atoms with van der Waals surface area (Å²) in [6.45, 7) is 0.120. The molecule has 0 unspecified atom stereocenters. The van der Waals surface area contributed by atoms with Crippen molar-refractivity contribution in [3.63, 3.8) is 0 Å². The van der Waals surface area contributed by atoms with Crippen LogP contribution in [0.4, 0.5) is 0 Å². The molecule has 0 aliphatic carbocycles. The normalized spacial score (nSPS) is 10.6. The molecule has 16 heavy (non-hydrogen) atoms. The van der Waals surface area contributed by atoms with Crippen molar-refractivity contribution in [1.82, 2.24) is 19.1 Å². The number of aromatic nitrogens is 4. The zero-order valence-corrected chi connectivity index (χ0v) is 9.23. The number of aromatic amines is 1. The average Bonchev–Trinajstić information content (AvgIpc) is 2.57. The first kappa shape index (κ1) is 10.7. The van der Waals surface area contributed by atoms with Gasteiger partial charge in [0.25, 0.3) is 5.56 Å². The van der Waals surface area contributed by atoms with Gasteiger partial charge in [0.2, 0.25) is 0 Å². The third-order valence-electron chi connectivity index (χ3n) is 2.21. The van der Waals surface area contributed by atoms with E-state index in [1.807, 2.05) is 0 Å². The van der Waals surface area contributed by atoms with Crippen molar-refractivity contribution in [2.45, 2.75) is 6.54 Å². The Hall–Kier alpha value is -1.82. The lowest BCUT2D eigenvalue weighted by Crippen LogP contribution is -2.35. The fourth-order valence-corrected chi connectivity index (χ4v) is 1.51. The number of rotatable bonds is 2. The van der Waals surface area contributed by atoms with Crippen LogP contribution >= 0.6 is 11.6 Å². The first-order chi connectivity index (χ1) is 7.58. The molecule has 0 radical (unpaired) electrons. The van der Waals surface area contributed by atoms with E-state index in [1.54, 1.807) is 24.0 Å². The van der Waals surface area contributed by atoms with E-state index in [1.165, 1.54) is 0 Å². The van der Waals surface area contributed by atoms with Crippen LogP contribution in [-0.2, 0) is 13.6 Å². The molecule has 0 saturated heterocycles. The van der Waals surface area contributed by atoms with Gasteiger partial charge in [0, 0.05) is 25.5 Å². The maximum absolute atomic E-state index is 11.5. The molecule has 0 aliphatic rings. The number of nitrogens with zero attached hydrogens (tertiary/aromatic N) is 3. The molecule has 2 heterocycles. The molecule has 7 heteroatoms. The second kappa shape index (κ2) is 3.97. The van der Waals surface area contributed by atoms with Gasteiger partial charge in [-0.25, -0.2) is 9.78 Å². The van der Waals surface area contributed by atoms with E-state index in [0.717, 1.165) is 10.6 Å². The summed E-state index contributed by atoms with van der Waals surface area (Å²) in [5, 5.41) is 0.0334. The van der Waals surface area contributed by atoms with E-state index in [9.17, 15) is 9.59 Å². The molecule has 0 amide bonds. The highest BCUT2D eigenvalue weighted by Crippen LogP contribution is 1.97. The minimum Gasteiger partial charge on any atom is -0.337 e. The Morgan fingerprint density at radius 1 is 1.50 bits per heavy atom. The van der Waals surface area contributed by atoms with E-state index in [-0.39, 0.29) is 11.7 Å². The van der Waals surface area contributed by atoms with Crippen molar-refractivity contribution < 1.29 is 0 Å². The summed E-state index contributed by atoms with van der Waals surface area (Å²) in [5.41, 5.74) is -0.989. The molecule has 2 rings (SSSR count). The van der Waals surface area contributed by atoms with Gasteiger partial charge in [0.05, 0.1) is 6.54 Å². The number of H-pyrrole nitrogens is 1. The molecule has 0 spiro atoms. The van der Waals surface area contributed by atoms with Crippen LogP contribution in [0.5, 0.6) is 0 Å². The molecule has 84 valence electrons. The second-order valence-electron chi connectivity index (χ2n) is 3.30. The summed E-state index contributed by atoms with van der Waals surface area (Å²) in [5.74, 6) is 0.620. The van der Waals surface area contributed by atoms with E-state index in [2.05, 4.69) is 9.97 Å². The molecule has 6 nitrogen and oxygen atoms in total. The van der Waals surface area contributed by atoms with Crippen molar-refractivity contribution in [3.8, 4) is 0 Å². The molecule has 2 aromatic heterocycles. The van der Waals surface area contributed by atoms with Crippen LogP contribution in [0.1, 0.15) is 5.82 Å². The van der Waals surface area contributed by atoms with Gasteiger partial charge < -0.3 is 4.57 Å². The standard InChI is InChI=1S/C9H9ClN4O2/c1-13-3-2-11-7(13)5-14-8(15)4-6(10)12-9(14)16/h2-4H,5H2,1H3,(H,12,16). The van der Waals surface area contributed by atoms with Crippen LogP contribution in [0.25, 0.3) is 0 Å². The maximum Gasteiger partial charge on any atom is 0.329 e. The lowest BCUT2D eigenvalue weighted by atomic mass is 10.5. The monoisotopic (exact) mass is 240 g/mol. The van der Waals surface area contributed by atoms with Gasteiger partial charge in [-0.2, -0.15) is 0 Å². The van der Waals surface area contributed by atoms with Crippen LogP contribution < -0.4 is 11.2 Å². The Labute approximate surface area is 95.1 Å². The first-order valence-electron chi connectivity index (χ1n) is 4.54. The number of halogens is 1. The molecule has 2 aromatic rings. The Bertz CT molecular complexity index is 594. The summed E-state index contributed by atoms with van der Waals surface area (Å²) in [6.07, 6.45) is 3.34. The van der Waals surface area contributed by atoms with Gasteiger partial charge in [-0.05, 0) is 0 Å². The van der Waals surface area contributed by atoms with Crippen LogP contribution in [0.2, 0.25) is 5.15 Å². The average molecular weight is 241 g/mol. The van der Waals surface area contributed by atoms with Crippen LogP contribution in [0.3, 0.4) is 0 Å². The number of nitrogens with one attached hydrogen (secondary N) is 1. The highest BCUT2D eigenvalue weighted by atomic mass is 35.5. The molecule has 0 aliphatic heterocycles. The van der Waals surface area contributed by atoms with Crippen molar-refractivity contribution in [1.29, 1.82) is 0 Å². The fraction of sp³-hybridized carbons (Fsp3) is 0.222. The van der Waals surface area contributed by atoms with E-state index in [4.69, 9.17) is 11.6 Å². The Morgan fingerprint density at radius 3 is 2.81 bits per heavy atom. The third kappa shape index (κ3) is 1.92. The topological polar surface area (TPSA) is 72.7 Å². The van der Waals surface area contributed by atoms with Crippen molar-refractivity contribution in [2.75, 3.05) is 0 Å². The van der Waals surface area contributed by atoms with Gasteiger partial charge in [0.1, 0.15) is 11.0 Å². The Kier molecular flexibility index (Phi) is 2.66. The van der Waals surface area contributed by atoms with Crippen molar-refractivity contribution >= 4 is 11.6 Å². The lowest BCUT2D eigenvalue weighted by molar-refractivity contribution is 0.642. The van der Waals surface area contributed by atoms with Crippen LogP contribution in [0, 0.1) is 0 Å². The highest BCUT2D eigenvalue weighted by molar-refractivity contribution is 6.29. The number of imidazole rings is 1. The highest BCUT2D eigenvalue weighted by Gasteiger charge is 2.06. The van der Waals surface area contributed by atoms with Gasteiger partial charge in [-0.1, -0.05) is 11.6 Å². The molecular formula is C9H9ClN4O2. The SMILES string of the molecule is Cn1ccnc1Cn1c(=O)cc(Cl)[nH]c1=O. The minimum absolute atomic E-state index is 0.0334. The van der Waals surface area contributed by atoms with E-state index in [0.29, 0.717) is 5.82 Å². The molecule has 0 aromatic carbocycles. The van der Waals surface area contributed by atoms with Crippen molar-refractivity contribution in [3.05, 3.63) is 50.3 Å². The van der Waals surface area contributed by atoms with E-state index >= 15 is 0 Å². The van der Waals surface area contributed by atoms with Gasteiger partial charge in [-0.3, -0.25) is 14.3 Å². The molecular weight excluding hydrogens is 232 g/mol. The van der Waals surface area contributed by atoms with Gasteiger partial charge in [-0.15, -0.1) is 0 Å². The summed E-state index contributed by atoms with van der Waals surface area (Å²) in [7, 11) is 1.79. The Balaban J connectivity index is 2.47. The molecule has 0 fully saturated rings. The lowest BCUT2D eigenvalue weighted by Gasteiger charge is -2.04. The smallest absolute Gasteiger partial charge is 0.329 e. The number of aryl methyl sites for hydroxylation is 1. The number of hydrogen-bond donors (Lipinski definition) is 1. The predicted molar refractivity (Wildman–Crippen MR) is 58.6 cm³/mol. The molecule has 1 N–H and O–H groups in total. The quantitative estimate of drug-likeness (QED) is 0.750. The zero-order valence-electron chi connectivity index (χ0n) is 8.48. The Morgan fingerprint density at radius 2 is 2.25 bits per heavy atom. The van der Waals surface area contributed by atoms with Crippen LogP contribution in [-0.4, -0.2) is 19.1 Å². The molecule has 0 saturated carbocycles. The number of hydrogen-bond acceptors (Lipinski definition) is 3. The van der Waals surface area contributed by atoms with E-state index < -0.39 is 11.2 Å². The van der Waals surface area contributed by atoms with Crippen molar-refractivity contribution in [2.24, 2.45) is 7.05 Å². The molecule has 0 atom stereocenters. The van der Waals surface area contributed by atoms with Gasteiger partial charge in [0.15, 0.2) is 0 Å². The largest absolute Gasteiger partial charge is 0.337 e. The zero-order chi connectivity index (χ0) is 11.7. The summed E-state index contributed by atoms with van der Waals surface area (Å²) < 4.78 is 2.77. The second-order valence-corrected chi connectivity index (χ2v) is 3.71. The maximum atomic E-state index is 11.5. The first-order valence-corrected chi connectivity index (χ1v) is 4.91. The summed E-state index contributed by atoms with van der Waals surface area (Å²) in [6, 6.07) is 1.16. The minimum atomic E-state index is -0.541. The third-order valence-corrected chi connectivity index (χ3v) is 2.41. The summed E-state index contributed by atoms with van der Waals surface area (Å²) in [4.78, 5) is 29.4. The van der Waals surface area contributed by atoms with Gasteiger partial charge >= 0.3 is 5.69 Å². The van der Waals surface area contributed by atoms with Crippen LogP contribution in [0.15, 0.2) is 28.0 Å². The predicted octanol–water partition coefficient (Wildman–Crippen LogP) is -0.0282. The fourth-order valence-electron chi connectivity index (χ4n) is 1.33. The molecule has 0 bridgehead atoms. The summed E-state index contributed by atoms with van der Waals surface area (Å²) >= 11 is 5.55.